The second kappa shape index (κ2) is 7.99. The number of rotatable bonds is 6. The molecule has 0 saturated carbocycles. The van der Waals surface area contributed by atoms with Crippen molar-refractivity contribution < 1.29 is 22.6 Å². The lowest BCUT2D eigenvalue weighted by atomic mass is 10.1. The van der Waals surface area contributed by atoms with Gasteiger partial charge in [-0.15, -0.1) is 0 Å². The number of morpholine rings is 1. The Morgan fingerprint density at radius 3 is 2.83 bits per heavy atom. The minimum atomic E-state index is -4.32. The summed E-state index contributed by atoms with van der Waals surface area (Å²) < 4.78 is 47.2. The molecule has 1 unspecified atom stereocenters. The molecule has 1 saturated heterocycles. The van der Waals surface area contributed by atoms with Crippen molar-refractivity contribution in [2.75, 3.05) is 46.9 Å². The average Bonchev–Trinajstić information content (AvgIpc) is 2.44. The highest BCUT2D eigenvalue weighted by Gasteiger charge is 2.28. The fourth-order valence-electron chi connectivity index (χ4n) is 2.60. The average molecular weight is 332 g/mol. The van der Waals surface area contributed by atoms with Gasteiger partial charge in [0.15, 0.2) is 6.61 Å². The molecule has 4 nitrogen and oxygen atoms in total. The van der Waals surface area contributed by atoms with E-state index < -0.39 is 12.8 Å². The maximum atomic E-state index is 12.2. The van der Waals surface area contributed by atoms with Crippen LogP contribution >= 0.6 is 0 Å². The summed E-state index contributed by atoms with van der Waals surface area (Å²) in [7, 11) is 4.01. The Labute approximate surface area is 134 Å². The van der Waals surface area contributed by atoms with Crippen LogP contribution in [0.1, 0.15) is 5.56 Å². The van der Waals surface area contributed by atoms with Crippen LogP contribution in [0.5, 0.6) is 5.75 Å². The fourth-order valence-corrected chi connectivity index (χ4v) is 2.60. The molecular weight excluding hydrogens is 309 g/mol. The predicted octanol–water partition coefficient (Wildman–Crippen LogP) is 2.39. The Bertz CT molecular complexity index is 494. The zero-order valence-corrected chi connectivity index (χ0v) is 13.5. The van der Waals surface area contributed by atoms with Crippen LogP contribution in [0.2, 0.25) is 0 Å². The molecule has 7 heteroatoms. The largest absolute Gasteiger partial charge is 0.484 e. The molecule has 0 aliphatic carbocycles. The molecule has 0 bridgehead atoms. The molecule has 0 N–H and O–H groups in total. The summed E-state index contributed by atoms with van der Waals surface area (Å²) in [5.41, 5.74) is 0.940. The van der Waals surface area contributed by atoms with Crippen LogP contribution in [0.4, 0.5) is 13.2 Å². The SMILES string of the molecule is CN(C)CC1CN(Cc2cccc(OCC(F)(F)F)c2)CCO1. The summed E-state index contributed by atoms with van der Waals surface area (Å²) in [5.74, 6) is 0.248. The molecule has 2 rings (SSSR count). The van der Waals surface area contributed by atoms with Gasteiger partial charge >= 0.3 is 6.18 Å². The molecule has 1 fully saturated rings. The van der Waals surface area contributed by atoms with E-state index in [1.54, 1.807) is 18.2 Å². The van der Waals surface area contributed by atoms with E-state index in [0.29, 0.717) is 13.2 Å². The first-order valence-electron chi connectivity index (χ1n) is 7.59. The van der Waals surface area contributed by atoms with Crippen molar-refractivity contribution >= 4 is 0 Å². The number of halogens is 3. The Morgan fingerprint density at radius 1 is 1.35 bits per heavy atom. The summed E-state index contributed by atoms with van der Waals surface area (Å²) in [6, 6.07) is 6.83. The molecule has 0 amide bonds. The Balaban J connectivity index is 1.89. The van der Waals surface area contributed by atoms with Crippen molar-refractivity contribution in [1.29, 1.82) is 0 Å². The molecule has 1 heterocycles. The van der Waals surface area contributed by atoms with E-state index in [2.05, 4.69) is 9.80 Å². The van der Waals surface area contributed by atoms with Crippen LogP contribution in [0, 0.1) is 0 Å². The monoisotopic (exact) mass is 332 g/mol. The van der Waals surface area contributed by atoms with Crippen LogP contribution in [-0.4, -0.2) is 69.0 Å². The fraction of sp³-hybridized carbons (Fsp3) is 0.625. The van der Waals surface area contributed by atoms with Crippen molar-refractivity contribution in [2.24, 2.45) is 0 Å². The molecule has 0 aromatic heterocycles. The lowest BCUT2D eigenvalue weighted by molar-refractivity contribution is -0.153. The molecule has 0 radical (unpaired) electrons. The number of hydrogen-bond donors (Lipinski definition) is 0. The number of likely N-dealkylation sites (N-methyl/N-ethyl adjacent to an activating group) is 1. The number of nitrogens with zero attached hydrogens (tertiary/aromatic N) is 2. The van der Waals surface area contributed by atoms with Crippen molar-refractivity contribution in [3.05, 3.63) is 29.8 Å². The van der Waals surface area contributed by atoms with Gasteiger partial charge in [-0.25, -0.2) is 0 Å². The third-order valence-corrected chi connectivity index (χ3v) is 3.50. The quantitative estimate of drug-likeness (QED) is 0.799. The minimum Gasteiger partial charge on any atom is -0.484 e. The van der Waals surface area contributed by atoms with Crippen molar-refractivity contribution in [1.82, 2.24) is 9.80 Å². The van der Waals surface area contributed by atoms with E-state index >= 15 is 0 Å². The summed E-state index contributed by atoms with van der Waals surface area (Å²) in [4.78, 5) is 4.33. The molecule has 1 aliphatic heterocycles. The third-order valence-electron chi connectivity index (χ3n) is 3.50. The van der Waals surface area contributed by atoms with Crippen LogP contribution in [0.15, 0.2) is 24.3 Å². The first kappa shape index (κ1) is 18.0. The van der Waals surface area contributed by atoms with E-state index in [-0.39, 0.29) is 11.9 Å². The Kier molecular flexibility index (Phi) is 6.26. The van der Waals surface area contributed by atoms with Crippen LogP contribution in [0.25, 0.3) is 0 Å². The normalized spacial score (nSPS) is 20.0. The number of ether oxygens (including phenoxy) is 2. The summed E-state index contributed by atoms with van der Waals surface area (Å²) in [6.45, 7) is 2.56. The Morgan fingerprint density at radius 2 is 2.13 bits per heavy atom. The van der Waals surface area contributed by atoms with Crippen molar-refractivity contribution in [3.63, 3.8) is 0 Å². The van der Waals surface area contributed by atoms with E-state index in [1.807, 2.05) is 20.2 Å². The molecule has 23 heavy (non-hydrogen) atoms. The maximum Gasteiger partial charge on any atom is 0.422 e. The van der Waals surface area contributed by atoms with Gasteiger partial charge in [0.2, 0.25) is 0 Å². The zero-order chi connectivity index (χ0) is 16.9. The number of benzene rings is 1. The van der Waals surface area contributed by atoms with Gasteiger partial charge in [0.1, 0.15) is 5.75 Å². The number of hydrogen-bond acceptors (Lipinski definition) is 4. The smallest absolute Gasteiger partial charge is 0.422 e. The first-order valence-corrected chi connectivity index (χ1v) is 7.59. The lowest BCUT2D eigenvalue weighted by Crippen LogP contribution is -2.45. The highest BCUT2D eigenvalue weighted by Crippen LogP contribution is 2.20. The van der Waals surface area contributed by atoms with Gasteiger partial charge in [-0.2, -0.15) is 13.2 Å². The van der Waals surface area contributed by atoms with Gasteiger partial charge in [0, 0.05) is 26.2 Å². The summed E-state index contributed by atoms with van der Waals surface area (Å²) >= 11 is 0. The summed E-state index contributed by atoms with van der Waals surface area (Å²) in [6.07, 6.45) is -4.16. The van der Waals surface area contributed by atoms with E-state index in [9.17, 15) is 13.2 Å². The van der Waals surface area contributed by atoms with E-state index in [0.717, 1.165) is 25.2 Å². The van der Waals surface area contributed by atoms with Crippen LogP contribution in [-0.2, 0) is 11.3 Å². The third kappa shape index (κ3) is 6.76. The molecule has 1 aromatic carbocycles. The first-order chi connectivity index (χ1) is 10.8. The minimum absolute atomic E-state index is 0.156. The van der Waals surface area contributed by atoms with E-state index in [4.69, 9.17) is 9.47 Å². The van der Waals surface area contributed by atoms with Gasteiger partial charge in [-0.3, -0.25) is 4.90 Å². The molecular formula is C16H23F3N2O2. The molecule has 1 aromatic rings. The second-order valence-corrected chi connectivity index (χ2v) is 6.04. The predicted molar refractivity (Wildman–Crippen MR) is 81.6 cm³/mol. The van der Waals surface area contributed by atoms with Gasteiger partial charge < -0.3 is 14.4 Å². The van der Waals surface area contributed by atoms with Crippen molar-refractivity contribution in [2.45, 2.75) is 18.8 Å². The van der Waals surface area contributed by atoms with Gasteiger partial charge in [-0.05, 0) is 31.8 Å². The van der Waals surface area contributed by atoms with Gasteiger partial charge in [-0.1, -0.05) is 12.1 Å². The molecule has 130 valence electrons. The second-order valence-electron chi connectivity index (χ2n) is 6.04. The highest BCUT2D eigenvalue weighted by molar-refractivity contribution is 5.28. The highest BCUT2D eigenvalue weighted by atomic mass is 19.4. The van der Waals surface area contributed by atoms with Crippen molar-refractivity contribution in [3.8, 4) is 5.75 Å². The van der Waals surface area contributed by atoms with Crippen LogP contribution < -0.4 is 4.74 Å². The van der Waals surface area contributed by atoms with Crippen LogP contribution in [0.3, 0.4) is 0 Å². The zero-order valence-electron chi connectivity index (χ0n) is 13.5. The molecule has 1 aliphatic rings. The molecule has 0 spiro atoms. The van der Waals surface area contributed by atoms with Gasteiger partial charge in [0.25, 0.3) is 0 Å². The molecule has 1 atom stereocenters. The summed E-state index contributed by atoms with van der Waals surface area (Å²) in [5, 5.41) is 0. The number of alkyl halides is 3. The Hall–Kier alpha value is -1.31. The topological polar surface area (TPSA) is 24.9 Å². The standard InChI is InChI=1S/C16H23F3N2O2/c1-20(2)10-15-11-21(6-7-22-15)9-13-4-3-5-14(8-13)23-12-16(17,18)19/h3-5,8,15H,6-7,9-12H2,1-2H3. The van der Waals surface area contributed by atoms with Gasteiger partial charge in [0.05, 0.1) is 12.7 Å². The lowest BCUT2D eigenvalue weighted by Gasteiger charge is -2.34. The maximum absolute atomic E-state index is 12.2. The van der Waals surface area contributed by atoms with E-state index in [1.165, 1.54) is 0 Å².